The summed E-state index contributed by atoms with van der Waals surface area (Å²) in [4.78, 5) is 22.4. The van der Waals surface area contributed by atoms with Gasteiger partial charge in [-0.2, -0.15) is 13.2 Å². The first-order chi connectivity index (χ1) is 16.0. The van der Waals surface area contributed by atoms with Gasteiger partial charge in [0.25, 0.3) is 5.91 Å². The summed E-state index contributed by atoms with van der Waals surface area (Å²) in [6.07, 6.45) is -0.228. The van der Waals surface area contributed by atoms with E-state index in [1.165, 1.54) is 12.1 Å². The van der Waals surface area contributed by atoms with Crippen LogP contribution >= 0.6 is 23.2 Å². The maximum atomic E-state index is 13.5. The molecule has 0 spiro atoms. The molecule has 1 aliphatic rings. The van der Waals surface area contributed by atoms with Crippen LogP contribution < -0.4 is 10.2 Å². The molecule has 0 atom stereocenters. The average molecular weight is 511 g/mol. The molecule has 2 heterocycles. The molecule has 0 saturated heterocycles. The minimum atomic E-state index is -4.56. The highest BCUT2D eigenvalue weighted by Gasteiger charge is 2.35. The van der Waals surface area contributed by atoms with E-state index in [2.05, 4.69) is 15.3 Å². The first-order valence-electron chi connectivity index (χ1n) is 10.9. The zero-order valence-electron chi connectivity index (χ0n) is 18.6. The van der Waals surface area contributed by atoms with Crippen molar-refractivity contribution in [2.75, 3.05) is 11.9 Å². The number of carbonyl (C=O) groups excluding carboxylic acids is 1. The number of alkyl halides is 3. The molecule has 0 unspecified atom stereocenters. The maximum absolute atomic E-state index is 13.5. The Morgan fingerprint density at radius 2 is 1.82 bits per heavy atom. The highest BCUT2D eigenvalue weighted by atomic mass is 35.5. The molecule has 3 aromatic rings. The van der Waals surface area contributed by atoms with Gasteiger partial charge in [0, 0.05) is 41.4 Å². The number of nitrogens with one attached hydrogen (secondary N) is 1. The van der Waals surface area contributed by atoms with Gasteiger partial charge in [0.15, 0.2) is 0 Å². The Morgan fingerprint density at radius 3 is 2.47 bits per heavy atom. The van der Waals surface area contributed by atoms with E-state index in [9.17, 15) is 18.0 Å². The Morgan fingerprint density at radius 1 is 1.12 bits per heavy atom. The van der Waals surface area contributed by atoms with Gasteiger partial charge < -0.3 is 10.2 Å². The molecule has 34 heavy (non-hydrogen) atoms. The molecule has 0 aliphatic heterocycles. The minimum absolute atomic E-state index is 0.00235. The molecule has 1 N–H and O–H groups in total. The third-order valence-corrected chi connectivity index (χ3v) is 6.86. The largest absolute Gasteiger partial charge is 0.433 e. The fourth-order valence-electron chi connectivity index (χ4n) is 4.48. The van der Waals surface area contributed by atoms with Crippen LogP contribution in [0.2, 0.25) is 10.2 Å². The number of carbonyl (C=O) groups is 1. The molecule has 1 aromatic carbocycles. The van der Waals surface area contributed by atoms with Crippen molar-refractivity contribution >= 4 is 45.7 Å². The molecule has 5 nitrogen and oxygen atoms in total. The first kappa shape index (κ1) is 24.5. The zero-order valence-corrected chi connectivity index (χ0v) is 20.1. The quantitative estimate of drug-likeness (QED) is 0.410. The number of hydrogen-bond acceptors (Lipinski definition) is 4. The van der Waals surface area contributed by atoms with Crippen LogP contribution in [0.3, 0.4) is 0 Å². The van der Waals surface area contributed by atoms with E-state index < -0.39 is 11.9 Å². The standard InChI is InChI=1S/C24H23Cl2F3N4O/c1-13-9-10-30-22(26)21(13)23(34)31-15-4-6-16(7-5-15)33(2)19-12-20(24(27,28)29)32-18-8-3-14(25)11-17(18)19/h3,8-12,15-16H,4-7H2,1-2H3,(H,31,34). The molecule has 4 rings (SSSR count). The van der Waals surface area contributed by atoms with Crippen LogP contribution in [0.5, 0.6) is 0 Å². The average Bonchev–Trinajstić information content (AvgIpc) is 2.77. The Bertz CT molecular complexity index is 1210. The summed E-state index contributed by atoms with van der Waals surface area (Å²) in [7, 11) is 1.79. The molecule has 1 amide bonds. The van der Waals surface area contributed by atoms with E-state index in [0.29, 0.717) is 47.3 Å². The van der Waals surface area contributed by atoms with E-state index in [4.69, 9.17) is 23.2 Å². The van der Waals surface area contributed by atoms with Gasteiger partial charge in [0.05, 0.1) is 11.1 Å². The van der Waals surface area contributed by atoms with Crippen LogP contribution in [-0.2, 0) is 6.18 Å². The van der Waals surface area contributed by atoms with Gasteiger partial charge in [-0.1, -0.05) is 23.2 Å². The molecule has 1 saturated carbocycles. The Labute approximate surface area is 205 Å². The number of rotatable bonds is 4. The topological polar surface area (TPSA) is 58.1 Å². The minimum Gasteiger partial charge on any atom is -0.371 e. The smallest absolute Gasteiger partial charge is 0.371 e. The van der Waals surface area contributed by atoms with E-state index >= 15 is 0 Å². The molecule has 2 aromatic heterocycles. The number of aryl methyl sites for hydroxylation is 1. The zero-order chi connectivity index (χ0) is 24.6. The van der Waals surface area contributed by atoms with Gasteiger partial charge >= 0.3 is 6.18 Å². The van der Waals surface area contributed by atoms with E-state index in [1.807, 2.05) is 4.90 Å². The van der Waals surface area contributed by atoms with Crippen molar-refractivity contribution in [1.29, 1.82) is 0 Å². The van der Waals surface area contributed by atoms with Gasteiger partial charge in [-0.15, -0.1) is 0 Å². The lowest BCUT2D eigenvalue weighted by atomic mass is 9.89. The molecule has 10 heteroatoms. The first-order valence-corrected chi connectivity index (χ1v) is 11.6. The summed E-state index contributed by atoms with van der Waals surface area (Å²) < 4.78 is 40.5. The lowest BCUT2D eigenvalue weighted by Gasteiger charge is -2.37. The Kier molecular flexibility index (Phi) is 6.92. The van der Waals surface area contributed by atoms with Gasteiger partial charge in [-0.3, -0.25) is 4.79 Å². The number of aromatic nitrogens is 2. The van der Waals surface area contributed by atoms with Gasteiger partial charge in [-0.05, 0) is 68.5 Å². The van der Waals surface area contributed by atoms with Crippen molar-refractivity contribution in [1.82, 2.24) is 15.3 Å². The number of hydrogen-bond donors (Lipinski definition) is 1. The Hall–Kier alpha value is -2.58. The number of halogens is 5. The van der Waals surface area contributed by atoms with Crippen molar-refractivity contribution in [2.24, 2.45) is 0 Å². The molecule has 1 aliphatic carbocycles. The predicted molar refractivity (Wildman–Crippen MR) is 128 cm³/mol. The van der Waals surface area contributed by atoms with Gasteiger partial charge in [0.1, 0.15) is 10.8 Å². The highest BCUT2D eigenvalue weighted by molar-refractivity contribution is 6.33. The SMILES string of the molecule is Cc1ccnc(Cl)c1C(=O)NC1CCC(N(C)c2cc(C(F)(F)F)nc3ccc(Cl)cc23)CC1. The van der Waals surface area contributed by atoms with Crippen LogP contribution in [0.15, 0.2) is 36.5 Å². The van der Waals surface area contributed by atoms with Crippen molar-refractivity contribution in [3.63, 3.8) is 0 Å². The van der Waals surface area contributed by atoms with Gasteiger partial charge in [-0.25, -0.2) is 9.97 Å². The second kappa shape index (κ2) is 9.58. The van der Waals surface area contributed by atoms with Gasteiger partial charge in [0.2, 0.25) is 0 Å². The number of amides is 1. The monoisotopic (exact) mass is 510 g/mol. The fraction of sp³-hybridized carbons (Fsp3) is 0.375. The third-order valence-electron chi connectivity index (χ3n) is 6.34. The maximum Gasteiger partial charge on any atom is 0.433 e. The summed E-state index contributed by atoms with van der Waals surface area (Å²) in [6, 6.07) is 7.44. The summed E-state index contributed by atoms with van der Waals surface area (Å²) in [5, 5.41) is 4.19. The fourth-order valence-corrected chi connectivity index (χ4v) is 4.94. The molecule has 0 radical (unpaired) electrons. The van der Waals surface area contributed by atoms with E-state index in [0.717, 1.165) is 11.6 Å². The number of benzene rings is 1. The summed E-state index contributed by atoms with van der Waals surface area (Å²) in [5.41, 5.74) is 0.850. The number of fused-ring (bicyclic) bond motifs is 1. The highest BCUT2D eigenvalue weighted by Crippen LogP contribution is 2.37. The molecular weight excluding hydrogens is 488 g/mol. The number of pyridine rings is 2. The summed E-state index contributed by atoms with van der Waals surface area (Å²) in [6.45, 7) is 1.80. The van der Waals surface area contributed by atoms with Crippen LogP contribution in [0.1, 0.15) is 47.3 Å². The lowest BCUT2D eigenvalue weighted by Crippen LogP contribution is -2.43. The summed E-state index contributed by atoms with van der Waals surface area (Å²) in [5.74, 6) is -0.267. The van der Waals surface area contributed by atoms with Crippen molar-refractivity contribution in [3.05, 3.63) is 63.5 Å². The van der Waals surface area contributed by atoms with Crippen LogP contribution in [0.4, 0.5) is 18.9 Å². The molecule has 180 valence electrons. The van der Waals surface area contributed by atoms with Crippen LogP contribution in [0, 0.1) is 6.92 Å². The Balaban J connectivity index is 1.51. The number of nitrogens with zero attached hydrogens (tertiary/aromatic N) is 3. The molecule has 1 fully saturated rings. The van der Waals surface area contributed by atoms with Crippen LogP contribution in [0.25, 0.3) is 10.9 Å². The van der Waals surface area contributed by atoms with Crippen molar-refractivity contribution in [3.8, 4) is 0 Å². The second-order valence-corrected chi connectivity index (χ2v) is 9.36. The van der Waals surface area contributed by atoms with E-state index in [-0.39, 0.29) is 28.7 Å². The third kappa shape index (κ3) is 5.08. The molecule has 0 bridgehead atoms. The van der Waals surface area contributed by atoms with Crippen LogP contribution in [-0.4, -0.2) is 35.0 Å². The van der Waals surface area contributed by atoms with Crippen molar-refractivity contribution < 1.29 is 18.0 Å². The van der Waals surface area contributed by atoms with E-state index in [1.54, 1.807) is 32.3 Å². The predicted octanol–water partition coefficient (Wildman–Crippen LogP) is 6.44. The molecular formula is C24H23Cl2F3N4O. The van der Waals surface area contributed by atoms with Crippen molar-refractivity contribution in [2.45, 2.75) is 50.9 Å². The summed E-state index contributed by atoms with van der Waals surface area (Å²) >= 11 is 12.2. The lowest BCUT2D eigenvalue weighted by molar-refractivity contribution is -0.140. The normalized spacial score (nSPS) is 18.7. The number of anilines is 1. The second-order valence-electron chi connectivity index (χ2n) is 8.57.